The van der Waals surface area contributed by atoms with E-state index in [1.54, 1.807) is 0 Å². The summed E-state index contributed by atoms with van der Waals surface area (Å²) >= 11 is 0. The summed E-state index contributed by atoms with van der Waals surface area (Å²) in [5, 5.41) is 7.21. The Morgan fingerprint density at radius 1 is 0.452 bits per heavy atom. The number of aryl methyl sites for hydroxylation is 1. The third kappa shape index (κ3) is 6.61. The number of hydrogen-bond donors (Lipinski definition) is 0. The van der Waals surface area contributed by atoms with Gasteiger partial charge < -0.3 is 23.7 Å². The second kappa shape index (κ2) is 16.2. The van der Waals surface area contributed by atoms with Crippen LogP contribution in [0.1, 0.15) is 31.9 Å². The molecule has 9 aromatic carbocycles. The molecule has 0 spiro atoms. The van der Waals surface area contributed by atoms with Gasteiger partial charge in [0.05, 0.1) is 62.5 Å². The van der Waals surface area contributed by atoms with Crippen LogP contribution in [0.4, 0.5) is 17.1 Å². The molecule has 0 unspecified atom stereocenters. The minimum Gasteiger partial charge on any atom is -0.457 e. The Bertz CT molecular complexity index is 4140. The Hall–Kier alpha value is -9.07. The number of fused-ring (bicyclic) bond motifs is 10. The fraction of sp³-hybridized carbons (Fsp3) is 0.106. The Balaban J connectivity index is 0.973. The Labute approximate surface area is 424 Å². The summed E-state index contributed by atoms with van der Waals surface area (Å²) in [6.45, 7) is 9.90. The first kappa shape index (κ1) is 42.8. The van der Waals surface area contributed by atoms with E-state index < -0.39 is 0 Å². The fourth-order valence-corrected chi connectivity index (χ4v) is 11.9. The van der Waals surface area contributed by atoms with Crippen LogP contribution in [0.3, 0.4) is 0 Å². The molecule has 5 heterocycles. The summed E-state index contributed by atoms with van der Waals surface area (Å²) in [6, 6.07) is 74.3. The number of hydrogen-bond acceptors (Lipinski definition) is 4. The molecule has 1 aliphatic heterocycles. The number of rotatable bonds is 7. The second-order valence-electron chi connectivity index (χ2n) is 20.6. The zero-order chi connectivity index (χ0) is 49.1. The third-order valence-electron chi connectivity index (χ3n) is 15.1. The normalized spacial score (nSPS) is 12.9. The van der Waals surface area contributed by atoms with Crippen molar-refractivity contribution in [3.05, 3.63) is 224 Å². The lowest BCUT2D eigenvalue weighted by atomic mass is 9.85. The standard InChI is InChI=1S/C66H52N6O/c1-42-37-63(72-62-39-45(35-36-50(62)51-25-17-26-53(65(51)72)66(2,3)4)73-44-20-16-19-43(38-44)69-41-68(5)58-31-14-15-32-59(58)69)67-40-52(42)64-60(70-54-27-10-6-21-46(54)47-22-7-11-28-55(47)70)33-18-34-61(64)71-56-29-12-8-23-48(56)49-24-9-13-30-57(49)71/h6-40H,41H2,1-5H3. The molecule has 352 valence electrons. The molecule has 0 bridgehead atoms. The molecule has 0 saturated heterocycles. The zero-order valence-corrected chi connectivity index (χ0v) is 41.5. The van der Waals surface area contributed by atoms with Gasteiger partial charge in [0.25, 0.3) is 0 Å². The zero-order valence-electron chi connectivity index (χ0n) is 41.5. The van der Waals surface area contributed by atoms with E-state index in [0.717, 1.165) is 96.2 Å². The van der Waals surface area contributed by atoms with E-state index >= 15 is 0 Å². The summed E-state index contributed by atoms with van der Waals surface area (Å²) in [7, 11) is 2.14. The maximum atomic E-state index is 6.83. The Morgan fingerprint density at radius 2 is 0.959 bits per heavy atom. The highest BCUT2D eigenvalue weighted by Gasteiger charge is 2.28. The van der Waals surface area contributed by atoms with Gasteiger partial charge in [-0.2, -0.15) is 0 Å². The summed E-state index contributed by atoms with van der Waals surface area (Å²) in [5.41, 5.74) is 16.9. The topological polar surface area (TPSA) is 43.4 Å². The molecule has 73 heavy (non-hydrogen) atoms. The van der Waals surface area contributed by atoms with Crippen molar-refractivity contribution in [2.75, 3.05) is 23.5 Å². The quantitative estimate of drug-likeness (QED) is 0.160. The van der Waals surface area contributed by atoms with Gasteiger partial charge in [-0.1, -0.05) is 136 Å². The van der Waals surface area contributed by atoms with Gasteiger partial charge in [0.1, 0.15) is 17.3 Å². The minimum atomic E-state index is -0.152. The van der Waals surface area contributed by atoms with Gasteiger partial charge in [0.2, 0.25) is 0 Å². The summed E-state index contributed by atoms with van der Waals surface area (Å²) < 4.78 is 14.1. The van der Waals surface area contributed by atoms with Crippen LogP contribution in [0, 0.1) is 6.92 Å². The molecule has 0 aliphatic carbocycles. The molecule has 7 heteroatoms. The lowest BCUT2D eigenvalue weighted by Gasteiger charge is -2.23. The van der Waals surface area contributed by atoms with Gasteiger partial charge in [-0.3, -0.25) is 4.57 Å². The Kier molecular flexibility index (Phi) is 9.51. The predicted molar refractivity (Wildman–Crippen MR) is 304 cm³/mol. The molecule has 0 N–H and O–H groups in total. The minimum absolute atomic E-state index is 0.152. The Morgan fingerprint density at radius 3 is 1.56 bits per heavy atom. The first-order valence-electron chi connectivity index (χ1n) is 25.2. The number of nitrogens with zero attached hydrogens (tertiary/aromatic N) is 6. The van der Waals surface area contributed by atoms with Crippen molar-refractivity contribution in [2.45, 2.75) is 33.1 Å². The monoisotopic (exact) mass is 944 g/mol. The van der Waals surface area contributed by atoms with Crippen molar-refractivity contribution in [3.8, 4) is 39.8 Å². The predicted octanol–water partition coefficient (Wildman–Crippen LogP) is 17.0. The number of pyridine rings is 1. The smallest absolute Gasteiger partial charge is 0.137 e. The van der Waals surface area contributed by atoms with Crippen LogP contribution in [0.2, 0.25) is 0 Å². The maximum absolute atomic E-state index is 6.83. The van der Waals surface area contributed by atoms with Crippen molar-refractivity contribution in [2.24, 2.45) is 0 Å². The highest BCUT2D eigenvalue weighted by molar-refractivity contribution is 6.13. The second-order valence-corrected chi connectivity index (χ2v) is 20.6. The number of aromatic nitrogens is 4. The highest BCUT2D eigenvalue weighted by atomic mass is 16.5. The van der Waals surface area contributed by atoms with Crippen LogP contribution in [-0.2, 0) is 5.41 Å². The van der Waals surface area contributed by atoms with Crippen LogP contribution in [-0.4, -0.2) is 32.4 Å². The largest absolute Gasteiger partial charge is 0.457 e. The van der Waals surface area contributed by atoms with Crippen LogP contribution in [0.25, 0.3) is 93.7 Å². The molecule has 0 atom stereocenters. The summed E-state index contributed by atoms with van der Waals surface area (Å²) in [4.78, 5) is 10.2. The number of anilines is 3. The number of benzene rings is 9. The van der Waals surface area contributed by atoms with Crippen LogP contribution in [0.5, 0.6) is 11.5 Å². The molecule has 4 aromatic heterocycles. The van der Waals surface area contributed by atoms with Crippen LogP contribution < -0.4 is 14.5 Å². The van der Waals surface area contributed by atoms with Crippen molar-refractivity contribution in [1.29, 1.82) is 0 Å². The molecule has 0 saturated carbocycles. The fourth-order valence-electron chi connectivity index (χ4n) is 11.9. The molecular formula is C66H52N6O. The summed E-state index contributed by atoms with van der Waals surface area (Å²) in [6.07, 6.45) is 2.12. The molecule has 0 amide bonds. The molecule has 0 fully saturated rings. The molecule has 1 aliphatic rings. The maximum Gasteiger partial charge on any atom is 0.137 e. The highest BCUT2D eigenvalue weighted by Crippen LogP contribution is 2.46. The van der Waals surface area contributed by atoms with Gasteiger partial charge in [-0.05, 0) is 102 Å². The third-order valence-corrected chi connectivity index (χ3v) is 15.1. The molecule has 7 nitrogen and oxygen atoms in total. The van der Waals surface area contributed by atoms with Gasteiger partial charge in [0.15, 0.2) is 0 Å². The van der Waals surface area contributed by atoms with Gasteiger partial charge in [-0.15, -0.1) is 0 Å². The van der Waals surface area contributed by atoms with Crippen molar-refractivity contribution >= 4 is 82.5 Å². The first-order valence-corrected chi connectivity index (χ1v) is 25.2. The lowest BCUT2D eigenvalue weighted by molar-refractivity contribution is 0.483. The van der Waals surface area contributed by atoms with E-state index in [-0.39, 0.29) is 5.41 Å². The van der Waals surface area contributed by atoms with Crippen LogP contribution in [0.15, 0.2) is 212 Å². The average molecular weight is 945 g/mol. The van der Waals surface area contributed by atoms with E-state index in [9.17, 15) is 0 Å². The SMILES string of the molecule is Cc1cc(-n2c3cc(Oc4cccc(N5CN(C)c6ccccc65)c4)ccc3c3cccc(C(C)(C)C)c32)ncc1-c1c(-n2c3ccccc3c3ccccc32)cccc1-n1c2ccccc2c2ccccc21. The van der Waals surface area contributed by atoms with E-state index in [2.05, 4.69) is 265 Å². The molecule has 0 radical (unpaired) electrons. The lowest BCUT2D eigenvalue weighted by Crippen LogP contribution is -2.23. The van der Waals surface area contributed by atoms with Gasteiger partial charge in [-0.25, -0.2) is 4.98 Å². The first-order chi connectivity index (χ1) is 35.7. The van der Waals surface area contributed by atoms with E-state index in [4.69, 9.17) is 9.72 Å². The van der Waals surface area contributed by atoms with E-state index in [1.165, 1.54) is 43.9 Å². The number of ether oxygens (including phenoxy) is 1. The van der Waals surface area contributed by atoms with Gasteiger partial charge in [0, 0.05) is 74.5 Å². The molecular weight excluding hydrogens is 893 g/mol. The van der Waals surface area contributed by atoms with Crippen molar-refractivity contribution in [1.82, 2.24) is 18.7 Å². The molecule has 13 aromatic rings. The van der Waals surface area contributed by atoms with E-state index in [1.807, 2.05) is 6.07 Å². The van der Waals surface area contributed by atoms with E-state index in [0.29, 0.717) is 0 Å². The van der Waals surface area contributed by atoms with Crippen molar-refractivity contribution < 1.29 is 4.74 Å². The number of para-hydroxylation sites is 7. The van der Waals surface area contributed by atoms with Gasteiger partial charge >= 0.3 is 0 Å². The molecule has 14 rings (SSSR count). The van der Waals surface area contributed by atoms with Crippen molar-refractivity contribution in [3.63, 3.8) is 0 Å². The van der Waals surface area contributed by atoms with Crippen LogP contribution >= 0.6 is 0 Å². The average Bonchev–Trinajstić information content (AvgIpc) is 4.14. The summed E-state index contributed by atoms with van der Waals surface area (Å²) in [5.74, 6) is 2.39.